The van der Waals surface area contributed by atoms with Crippen LogP contribution in [0.5, 0.6) is 0 Å². The van der Waals surface area contributed by atoms with E-state index in [1.165, 1.54) is 48.9 Å². The van der Waals surface area contributed by atoms with E-state index in [2.05, 4.69) is 41.1 Å². The van der Waals surface area contributed by atoms with Crippen molar-refractivity contribution in [2.45, 2.75) is 58.0 Å². The predicted octanol–water partition coefficient (Wildman–Crippen LogP) is 5.17. The molecule has 2 aliphatic rings. The average Bonchev–Trinajstić information content (AvgIpc) is 2.73. The predicted molar refractivity (Wildman–Crippen MR) is 123 cm³/mol. The van der Waals surface area contributed by atoms with Crippen LogP contribution in [0.3, 0.4) is 0 Å². The maximum absolute atomic E-state index is 11.9. The van der Waals surface area contributed by atoms with E-state index in [1.807, 2.05) is 0 Å². The van der Waals surface area contributed by atoms with Gasteiger partial charge in [-0.2, -0.15) is 0 Å². The SMILES string of the molecule is C1CCC1.CCC(N)COC(=NC)N1CCc2ccccc2C1.Fc1ccccc1. The Morgan fingerprint density at radius 3 is 2.13 bits per heavy atom. The van der Waals surface area contributed by atoms with Gasteiger partial charge in [-0.05, 0) is 36.1 Å². The van der Waals surface area contributed by atoms with Crippen molar-refractivity contribution in [3.8, 4) is 0 Å². The zero-order valence-electron chi connectivity index (χ0n) is 18.4. The van der Waals surface area contributed by atoms with E-state index < -0.39 is 0 Å². The maximum Gasteiger partial charge on any atom is 0.287 e. The zero-order valence-corrected chi connectivity index (χ0v) is 18.4. The van der Waals surface area contributed by atoms with Crippen LogP contribution in [0, 0.1) is 5.82 Å². The van der Waals surface area contributed by atoms with Gasteiger partial charge < -0.3 is 15.4 Å². The summed E-state index contributed by atoms with van der Waals surface area (Å²) in [6, 6.07) is 17.3. The van der Waals surface area contributed by atoms with Gasteiger partial charge in [0.1, 0.15) is 12.4 Å². The number of benzene rings is 2. The molecular formula is C25H36FN3O. The van der Waals surface area contributed by atoms with Crippen LogP contribution < -0.4 is 5.73 Å². The molecule has 4 nitrogen and oxygen atoms in total. The molecule has 1 saturated carbocycles. The summed E-state index contributed by atoms with van der Waals surface area (Å²) in [5.74, 6) is -0.178. The van der Waals surface area contributed by atoms with E-state index in [1.54, 1.807) is 25.2 Å². The normalized spacial score (nSPS) is 16.0. The Kier molecular flexibility index (Phi) is 10.9. The summed E-state index contributed by atoms with van der Waals surface area (Å²) in [6.07, 6.45) is 7.96. The summed E-state index contributed by atoms with van der Waals surface area (Å²) in [7, 11) is 1.77. The number of rotatable bonds is 3. The molecule has 2 aromatic carbocycles. The molecule has 4 rings (SSSR count). The molecule has 2 aromatic rings. The number of aliphatic imine (C=N–C) groups is 1. The van der Waals surface area contributed by atoms with Crippen molar-refractivity contribution in [1.82, 2.24) is 4.90 Å². The molecule has 0 saturated heterocycles. The van der Waals surface area contributed by atoms with E-state index in [4.69, 9.17) is 10.5 Å². The highest BCUT2D eigenvalue weighted by Crippen LogP contribution is 2.19. The first kappa shape index (κ1) is 23.9. The molecule has 1 atom stereocenters. The van der Waals surface area contributed by atoms with E-state index in [-0.39, 0.29) is 11.9 Å². The van der Waals surface area contributed by atoms with E-state index in [0.29, 0.717) is 12.6 Å². The minimum absolute atomic E-state index is 0.0776. The smallest absolute Gasteiger partial charge is 0.287 e. The van der Waals surface area contributed by atoms with Crippen LogP contribution in [0.15, 0.2) is 59.6 Å². The molecule has 0 spiro atoms. The summed E-state index contributed by atoms with van der Waals surface area (Å²) < 4.78 is 17.7. The first-order valence-electron chi connectivity index (χ1n) is 11.0. The summed E-state index contributed by atoms with van der Waals surface area (Å²) >= 11 is 0. The van der Waals surface area contributed by atoms with Gasteiger partial charge in [-0.3, -0.25) is 0 Å². The van der Waals surface area contributed by atoms with Crippen molar-refractivity contribution >= 4 is 6.02 Å². The maximum atomic E-state index is 11.9. The lowest BCUT2D eigenvalue weighted by Gasteiger charge is -2.31. The highest BCUT2D eigenvalue weighted by atomic mass is 19.1. The zero-order chi connectivity index (χ0) is 21.6. The van der Waals surface area contributed by atoms with Crippen LogP contribution in [-0.2, 0) is 17.7 Å². The highest BCUT2D eigenvalue weighted by Gasteiger charge is 2.20. The average molecular weight is 414 g/mol. The quantitative estimate of drug-likeness (QED) is 0.558. The van der Waals surface area contributed by atoms with E-state index in [0.717, 1.165) is 25.9 Å². The molecule has 164 valence electrons. The number of hydrogen-bond donors (Lipinski definition) is 1. The monoisotopic (exact) mass is 413 g/mol. The second-order valence-corrected chi connectivity index (χ2v) is 7.64. The fraction of sp³-hybridized carbons (Fsp3) is 0.480. The molecule has 0 aromatic heterocycles. The van der Waals surface area contributed by atoms with Crippen molar-refractivity contribution in [3.63, 3.8) is 0 Å². The molecule has 30 heavy (non-hydrogen) atoms. The fourth-order valence-corrected chi connectivity index (χ4v) is 2.92. The van der Waals surface area contributed by atoms with Crippen molar-refractivity contribution < 1.29 is 9.13 Å². The van der Waals surface area contributed by atoms with Gasteiger partial charge in [-0.15, -0.1) is 0 Å². The number of halogens is 1. The van der Waals surface area contributed by atoms with Gasteiger partial charge in [0.15, 0.2) is 0 Å². The third-order valence-electron chi connectivity index (χ3n) is 5.28. The molecule has 1 aliphatic carbocycles. The number of fused-ring (bicyclic) bond motifs is 1. The minimum atomic E-state index is -0.178. The Morgan fingerprint density at radius 1 is 1.03 bits per heavy atom. The Balaban J connectivity index is 0.000000235. The standard InChI is InChI=1S/C15H23N3O.C6H5F.C4H8/c1-3-14(16)11-19-15(17-2)18-9-8-12-6-4-5-7-13(12)10-18;7-6-4-2-1-3-5-6;1-2-4-3-1/h4-7,14H,3,8-11,16H2,1-2H3;1-5H;1-4H2. The molecule has 1 fully saturated rings. The van der Waals surface area contributed by atoms with Gasteiger partial charge in [-0.25, -0.2) is 9.38 Å². The summed E-state index contributed by atoms with van der Waals surface area (Å²) in [5, 5.41) is 0. The second kappa shape index (κ2) is 13.8. The summed E-state index contributed by atoms with van der Waals surface area (Å²) in [6.45, 7) is 4.41. The van der Waals surface area contributed by atoms with Crippen molar-refractivity contribution in [2.75, 3.05) is 20.2 Å². The second-order valence-electron chi connectivity index (χ2n) is 7.64. The summed E-state index contributed by atoms with van der Waals surface area (Å²) in [5.41, 5.74) is 8.67. The van der Waals surface area contributed by atoms with Crippen molar-refractivity contribution in [1.29, 1.82) is 0 Å². The van der Waals surface area contributed by atoms with Crippen LogP contribution in [0.25, 0.3) is 0 Å². The first-order chi connectivity index (χ1) is 14.6. The number of ether oxygens (including phenoxy) is 1. The fourth-order valence-electron chi connectivity index (χ4n) is 2.92. The number of hydrogen-bond acceptors (Lipinski definition) is 3. The van der Waals surface area contributed by atoms with Crippen LogP contribution in [0.1, 0.15) is 50.2 Å². The molecule has 1 aliphatic heterocycles. The van der Waals surface area contributed by atoms with Gasteiger partial charge in [-0.1, -0.05) is 75.1 Å². The van der Waals surface area contributed by atoms with Crippen LogP contribution in [0.2, 0.25) is 0 Å². The molecule has 5 heteroatoms. The van der Waals surface area contributed by atoms with E-state index in [9.17, 15) is 4.39 Å². The largest absolute Gasteiger partial charge is 0.464 e. The topological polar surface area (TPSA) is 50.9 Å². The third kappa shape index (κ3) is 8.54. The Hall–Kier alpha value is -2.40. The van der Waals surface area contributed by atoms with Gasteiger partial charge in [0.05, 0.1) is 0 Å². The minimum Gasteiger partial charge on any atom is -0.464 e. The van der Waals surface area contributed by atoms with Gasteiger partial charge in [0, 0.05) is 26.2 Å². The Bertz CT molecular complexity index is 743. The number of nitrogens with two attached hydrogens (primary N) is 1. The lowest BCUT2D eigenvalue weighted by atomic mass is 10.0. The van der Waals surface area contributed by atoms with E-state index >= 15 is 0 Å². The first-order valence-corrected chi connectivity index (χ1v) is 11.0. The lowest BCUT2D eigenvalue weighted by molar-refractivity contribution is 0.205. The molecule has 1 unspecified atom stereocenters. The van der Waals surface area contributed by atoms with Gasteiger partial charge in [0.25, 0.3) is 6.02 Å². The van der Waals surface area contributed by atoms with Gasteiger partial charge in [0.2, 0.25) is 0 Å². The van der Waals surface area contributed by atoms with Gasteiger partial charge >= 0.3 is 0 Å². The third-order valence-corrected chi connectivity index (χ3v) is 5.28. The molecule has 1 heterocycles. The van der Waals surface area contributed by atoms with Crippen LogP contribution >= 0.6 is 0 Å². The van der Waals surface area contributed by atoms with Crippen molar-refractivity contribution in [2.24, 2.45) is 10.7 Å². The Morgan fingerprint density at radius 2 is 1.63 bits per heavy atom. The summed E-state index contributed by atoms with van der Waals surface area (Å²) in [4.78, 5) is 6.44. The Labute approximate surface area is 181 Å². The van der Waals surface area contributed by atoms with Crippen LogP contribution in [0.4, 0.5) is 4.39 Å². The molecule has 0 amide bonds. The molecule has 0 radical (unpaired) electrons. The number of amidine groups is 1. The molecular weight excluding hydrogens is 377 g/mol. The van der Waals surface area contributed by atoms with Crippen molar-refractivity contribution in [3.05, 3.63) is 71.5 Å². The van der Waals surface area contributed by atoms with Crippen LogP contribution in [-0.4, -0.2) is 37.2 Å². The number of nitrogens with zero attached hydrogens (tertiary/aromatic N) is 2. The lowest BCUT2D eigenvalue weighted by Crippen LogP contribution is -2.39. The molecule has 0 bridgehead atoms. The highest BCUT2D eigenvalue weighted by molar-refractivity contribution is 5.74. The molecule has 2 N–H and O–H groups in total.